The maximum Gasteiger partial charge on any atom is 0.411 e. The zero-order valence-corrected chi connectivity index (χ0v) is 21.5. The molecule has 3 aromatic carbocycles. The Hall–Kier alpha value is -4.52. The van der Waals surface area contributed by atoms with E-state index in [0.29, 0.717) is 37.1 Å². The predicted molar refractivity (Wildman–Crippen MR) is 141 cm³/mol. The minimum Gasteiger partial charge on any atom is -0.438 e. The van der Waals surface area contributed by atoms with Crippen molar-refractivity contribution in [2.75, 3.05) is 20.1 Å². The molecule has 0 spiro atoms. The number of guanidine groups is 1. The minimum atomic E-state index is -1.01. The van der Waals surface area contributed by atoms with Crippen LogP contribution in [-0.2, 0) is 10.3 Å². The van der Waals surface area contributed by atoms with Gasteiger partial charge in [-0.15, -0.1) is 4.99 Å². The van der Waals surface area contributed by atoms with Crippen LogP contribution in [0.1, 0.15) is 36.9 Å². The maximum absolute atomic E-state index is 14.2. The van der Waals surface area contributed by atoms with Gasteiger partial charge in [-0.2, -0.15) is 5.26 Å². The SMILES string of the molecule is CN/C(=N/C#N)NCC[C@]1(c2ccc(F)cc2)CCN([C@@H](C)c2ccc(-c3ccc(F)cc3F)cc2)C(=O)O1. The van der Waals surface area contributed by atoms with Gasteiger partial charge in [0.25, 0.3) is 0 Å². The third-order valence-corrected chi connectivity index (χ3v) is 6.97. The number of carbonyl (C=O) groups is 1. The molecule has 2 N–H and O–H groups in total. The molecule has 1 aliphatic rings. The number of benzene rings is 3. The minimum absolute atomic E-state index is 0.284. The molecule has 39 heavy (non-hydrogen) atoms. The van der Waals surface area contributed by atoms with Gasteiger partial charge < -0.3 is 20.3 Å². The highest BCUT2D eigenvalue weighted by molar-refractivity contribution is 5.80. The van der Waals surface area contributed by atoms with Gasteiger partial charge in [-0.1, -0.05) is 36.4 Å². The third-order valence-electron chi connectivity index (χ3n) is 6.97. The summed E-state index contributed by atoms with van der Waals surface area (Å²) in [4.78, 5) is 18.6. The summed E-state index contributed by atoms with van der Waals surface area (Å²) in [5, 5.41) is 14.6. The first-order chi connectivity index (χ1) is 18.8. The Morgan fingerprint density at radius 1 is 1.10 bits per heavy atom. The van der Waals surface area contributed by atoms with E-state index in [2.05, 4.69) is 15.6 Å². The quantitative estimate of drug-likeness (QED) is 0.233. The number of aliphatic imine (C=N–C) groups is 1. The number of hydrogen-bond donors (Lipinski definition) is 2. The molecule has 0 radical (unpaired) electrons. The summed E-state index contributed by atoms with van der Waals surface area (Å²) in [6, 6.07) is 16.0. The molecular formula is C29H28F3N5O2. The molecule has 202 valence electrons. The molecule has 2 atom stereocenters. The second-order valence-corrected chi connectivity index (χ2v) is 9.22. The largest absolute Gasteiger partial charge is 0.438 e. The van der Waals surface area contributed by atoms with Crippen molar-refractivity contribution < 1.29 is 22.7 Å². The first-order valence-corrected chi connectivity index (χ1v) is 12.5. The van der Waals surface area contributed by atoms with Gasteiger partial charge in [0.15, 0.2) is 0 Å². The Balaban J connectivity index is 1.51. The average molecular weight is 536 g/mol. The van der Waals surface area contributed by atoms with E-state index < -0.39 is 29.1 Å². The highest BCUT2D eigenvalue weighted by Crippen LogP contribution is 2.39. The first kappa shape index (κ1) is 27.5. The number of nitrogens with one attached hydrogen (secondary N) is 2. The number of ether oxygens (including phenoxy) is 1. The summed E-state index contributed by atoms with van der Waals surface area (Å²) >= 11 is 0. The van der Waals surface area contributed by atoms with Crippen LogP contribution in [0, 0.1) is 28.9 Å². The molecule has 3 aromatic rings. The number of nitriles is 1. The molecule has 0 aromatic heterocycles. The monoisotopic (exact) mass is 535 g/mol. The van der Waals surface area contributed by atoms with Gasteiger partial charge >= 0.3 is 6.09 Å². The molecule has 1 fully saturated rings. The number of amides is 1. The fourth-order valence-corrected chi connectivity index (χ4v) is 4.76. The van der Waals surface area contributed by atoms with Crippen molar-refractivity contribution in [3.63, 3.8) is 0 Å². The summed E-state index contributed by atoms with van der Waals surface area (Å²) in [5.41, 5.74) is 1.35. The van der Waals surface area contributed by atoms with Gasteiger partial charge in [-0.3, -0.25) is 0 Å². The molecule has 1 saturated heterocycles. The van der Waals surface area contributed by atoms with Crippen molar-refractivity contribution in [1.29, 1.82) is 5.26 Å². The van der Waals surface area contributed by atoms with Crippen LogP contribution in [0.15, 0.2) is 71.7 Å². The van der Waals surface area contributed by atoms with Crippen LogP contribution in [-0.4, -0.2) is 37.1 Å². The summed E-state index contributed by atoms with van der Waals surface area (Å²) in [6.45, 7) is 2.58. The van der Waals surface area contributed by atoms with Crippen molar-refractivity contribution in [2.45, 2.75) is 31.4 Å². The van der Waals surface area contributed by atoms with Gasteiger partial charge in [0.2, 0.25) is 12.2 Å². The third kappa shape index (κ3) is 6.14. The van der Waals surface area contributed by atoms with Crippen LogP contribution in [0.4, 0.5) is 18.0 Å². The van der Waals surface area contributed by atoms with Gasteiger partial charge in [-0.25, -0.2) is 18.0 Å². The van der Waals surface area contributed by atoms with Crippen molar-refractivity contribution in [3.8, 4) is 17.3 Å². The second-order valence-electron chi connectivity index (χ2n) is 9.22. The average Bonchev–Trinajstić information content (AvgIpc) is 2.93. The molecular weight excluding hydrogens is 507 g/mol. The lowest BCUT2D eigenvalue weighted by molar-refractivity contribution is -0.0646. The zero-order chi connectivity index (χ0) is 28.0. The van der Waals surface area contributed by atoms with E-state index in [-0.39, 0.29) is 17.6 Å². The number of rotatable bonds is 7. The Bertz CT molecular complexity index is 1390. The zero-order valence-electron chi connectivity index (χ0n) is 21.5. The summed E-state index contributed by atoms with van der Waals surface area (Å²) in [5.74, 6) is -1.40. The molecule has 4 rings (SSSR count). The molecule has 0 saturated carbocycles. The molecule has 10 heteroatoms. The second kappa shape index (κ2) is 11.9. The lowest BCUT2D eigenvalue weighted by Gasteiger charge is -2.43. The lowest BCUT2D eigenvalue weighted by Crippen LogP contribution is -2.50. The van der Waals surface area contributed by atoms with Crippen LogP contribution >= 0.6 is 0 Å². The first-order valence-electron chi connectivity index (χ1n) is 12.5. The fraction of sp³-hybridized carbons (Fsp3) is 0.276. The molecule has 0 unspecified atom stereocenters. The molecule has 0 bridgehead atoms. The number of halogens is 3. The molecule has 7 nitrogen and oxygen atoms in total. The van der Waals surface area contributed by atoms with Gasteiger partial charge in [-0.05, 0) is 47.9 Å². The number of nitrogens with zero attached hydrogens (tertiary/aromatic N) is 3. The Morgan fingerprint density at radius 3 is 2.41 bits per heavy atom. The number of carbonyl (C=O) groups excluding carboxylic acids is 1. The summed E-state index contributed by atoms with van der Waals surface area (Å²) in [7, 11) is 1.63. The lowest BCUT2D eigenvalue weighted by atomic mass is 9.85. The topological polar surface area (TPSA) is 89.8 Å². The molecule has 1 heterocycles. The van der Waals surface area contributed by atoms with E-state index >= 15 is 0 Å². The van der Waals surface area contributed by atoms with Crippen molar-refractivity contribution in [1.82, 2.24) is 15.5 Å². The highest BCUT2D eigenvalue weighted by Gasteiger charge is 2.43. The van der Waals surface area contributed by atoms with Gasteiger partial charge in [0.1, 0.15) is 23.1 Å². The van der Waals surface area contributed by atoms with Crippen LogP contribution in [0.5, 0.6) is 0 Å². The van der Waals surface area contributed by atoms with Crippen LogP contribution in [0.2, 0.25) is 0 Å². The van der Waals surface area contributed by atoms with Crippen LogP contribution in [0.25, 0.3) is 11.1 Å². The number of hydrogen-bond acceptors (Lipinski definition) is 4. The molecule has 1 aliphatic heterocycles. The van der Waals surface area contributed by atoms with E-state index in [1.807, 2.05) is 6.92 Å². The smallest absolute Gasteiger partial charge is 0.411 e. The Kier molecular flexibility index (Phi) is 8.39. The van der Waals surface area contributed by atoms with E-state index in [1.165, 1.54) is 24.3 Å². The fourth-order valence-electron chi connectivity index (χ4n) is 4.76. The molecule has 1 amide bonds. The summed E-state index contributed by atoms with van der Waals surface area (Å²) < 4.78 is 47.2. The standard InChI is InChI=1S/C29H28F3N5O2/c1-19(20-3-5-21(6-4-20)25-12-11-24(31)17-26(25)32)37-16-14-29(39-28(37)38,22-7-9-23(30)10-8-22)13-15-35-27(34-2)36-18-33/h3-12,17,19H,13-16H2,1-2H3,(H2,34,35,36)/t19-,29+/m0/s1. The van der Waals surface area contributed by atoms with Crippen LogP contribution < -0.4 is 10.6 Å². The van der Waals surface area contributed by atoms with E-state index in [0.717, 1.165) is 11.6 Å². The Morgan fingerprint density at radius 2 is 1.79 bits per heavy atom. The van der Waals surface area contributed by atoms with Gasteiger partial charge in [0.05, 0.1) is 6.04 Å². The highest BCUT2D eigenvalue weighted by atomic mass is 19.1. The maximum atomic E-state index is 14.2. The van der Waals surface area contributed by atoms with Crippen LogP contribution in [0.3, 0.4) is 0 Å². The molecule has 0 aliphatic carbocycles. The van der Waals surface area contributed by atoms with E-state index in [9.17, 15) is 18.0 Å². The normalized spacial score (nSPS) is 18.2. The van der Waals surface area contributed by atoms with Crippen molar-refractivity contribution >= 4 is 12.1 Å². The van der Waals surface area contributed by atoms with Crippen molar-refractivity contribution in [2.24, 2.45) is 4.99 Å². The summed E-state index contributed by atoms with van der Waals surface area (Å²) in [6.07, 6.45) is 1.99. The van der Waals surface area contributed by atoms with E-state index in [4.69, 9.17) is 10.00 Å². The van der Waals surface area contributed by atoms with Gasteiger partial charge in [0, 0.05) is 44.6 Å². The Labute approximate surface area is 224 Å². The predicted octanol–water partition coefficient (Wildman–Crippen LogP) is 5.61. The van der Waals surface area contributed by atoms with Crippen molar-refractivity contribution in [3.05, 3.63) is 95.3 Å². The number of cyclic esters (lactones) is 1. The van der Waals surface area contributed by atoms with E-state index in [1.54, 1.807) is 54.5 Å².